The van der Waals surface area contributed by atoms with Gasteiger partial charge in [-0.3, -0.25) is 38.9 Å². The number of amides is 4. The van der Waals surface area contributed by atoms with Crippen LogP contribution >= 0.6 is 0 Å². The number of nitrogens with one attached hydrogen (secondary N) is 2. The van der Waals surface area contributed by atoms with E-state index in [2.05, 4.69) is 27.6 Å². The Morgan fingerprint density at radius 1 is 1.03 bits per heavy atom. The highest BCUT2D eigenvalue weighted by Crippen LogP contribution is 2.42. The minimum Gasteiger partial charge on any atom is -0.508 e. The number of benzene rings is 2. The summed E-state index contributed by atoms with van der Waals surface area (Å²) in [5.74, 6) is 3.25. The molecule has 69 heavy (non-hydrogen) atoms. The van der Waals surface area contributed by atoms with E-state index in [0.29, 0.717) is 73.5 Å². The number of furan rings is 1. The van der Waals surface area contributed by atoms with Gasteiger partial charge < -0.3 is 34.1 Å². The maximum atomic E-state index is 14.8. The number of cyclic esters (lactones) is 1. The van der Waals surface area contributed by atoms with Crippen LogP contribution in [0.4, 0.5) is 0 Å². The molecule has 2 aromatic carbocycles. The highest BCUT2D eigenvalue weighted by molar-refractivity contribution is 5.96. The van der Waals surface area contributed by atoms with Gasteiger partial charge in [-0.25, -0.2) is 5.43 Å². The molecule has 6 bridgehead atoms. The summed E-state index contributed by atoms with van der Waals surface area (Å²) in [7, 11) is 6.95. The van der Waals surface area contributed by atoms with Crippen LogP contribution in [0.2, 0.25) is 0 Å². The van der Waals surface area contributed by atoms with E-state index < -0.39 is 47.2 Å². The lowest BCUT2D eigenvalue weighted by atomic mass is 9.84. The van der Waals surface area contributed by atoms with E-state index in [1.165, 1.54) is 9.91 Å². The second-order valence-corrected chi connectivity index (χ2v) is 20.2. The van der Waals surface area contributed by atoms with Crippen LogP contribution in [0.25, 0.3) is 33.4 Å². The highest BCUT2D eigenvalue weighted by atomic mass is 16.5. The SMILES string of the molecule is CO[C@@H](C)c1ncccc1-c1oc2ccc3cc2c1CC(C)(C)COC(=O)C[C@@H]1CCCN(N1)C(=O)[C@@H](NC(=O)[C@H](C(C)C)N(C)C(=O)[C@H]1CCN(C(=O)C#CCN(C)C)C1)Cc1cc(O)cc-3c1. The van der Waals surface area contributed by atoms with Crippen LogP contribution in [0.5, 0.6) is 5.75 Å². The number of fused-ring (bicyclic) bond motifs is 6. The number of phenols is 1. The summed E-state index contributed by atoms with van der Waals surface area (Å²) in [4.78, 5) is 79.4. The lowest BCUT2D eigenvalue weighted by molar-refractivity contribution is -0.150. The number of hydrogen-bond acceptors (Lipinski definition) is 12. The number of aromatic nitrogens is 1. The summed E-state index contributed by atoms with van der Waals surface area (Å²) in [6.45, 7) is 11.1. The summed E-state index contributed by atoms with van der Waals surface area (Å²) in [5.41, 5.74) is 7.76. The second kappa shape index (κ2) is 21.6. The second-order valence-electron chi connectivity index (χ2n) is 20.2. The van der Waals surface area contributed by atoms with Gasteiger partial charge in [0.1, 0.15) is 29.2 Å². The van der Waals surface area contributed by atoms with Crippen LogP contribution in [0.3, 0.4) is 0 Å². The Bertz CT molecular complexity index is 2630. The Hall–Kier alpha value is -6.28. The molecule has 3 N–H and O–H groups in total. The number of carbonyl (C=O) groups is 5. The van der Waals surface area contributed by atoms with Gasteiger partial charge in [0.05, 0.1) is 37.3 Å². The van der Waals surface area contributed by atoms with E-state index in [1.807, 2.05) is 90.0 Å². The number of likely N-dealkylation sites (N-methyl/N-ethyl adjacent to an activating group) is 1. The number of esters is 1. The number of carbonyl (C=O) groups excluding carboxylic acids is 5. The fourth-order valence-corrected chi connectivity index (χ4v) is 9.69. The Kier molecular flexibility index (Phi) is 15.8. The molecule has 4 aromatic rings. The summed E-state index contributed by atoms with van der Waals surface area (Å²) >= 11 is 0. The van der Waals surface area contributed by atoms with E-state index in [9.17, 15) is 29.1 Å². The first-order chi connectivity index (χ1) is 32.8. The van der Waals surface area contributed by atoms with Crippen LogP contribution in [-0.4, -0.2) is 139 Å². The molecule has 16 heteroatoms. The van der Waals surface area contributed by atoms with Gasteiger partial charge in [-0.2, -0.15) is 0 Å². The number of methoxy groups -OCH3 is 1. The molecule has 2 aromatic heterocycles. The van der Waals surface area contributed by atoms with Crippen molar-refractivity contribution in [2.45, 2.75) is 97.4 Å². The lowest BCUT2D eigenvalue weighted by Crippen LogP contribution is -2.61. The predicted molar refractivity (Wildman–Crippen MR) is 261 cm³/mol. The molecule has 368 valence electrons. The van der Waals surface area contributed by atoms with Gasteiger partial charge in [0.15, 0.2) is 0 Å². The molecule has 0 spiro atoms. The van der Waals surface area contributed by atoms with Crippen LogP contribution in [0.15, 0.2) is 59.1 Å². The Labute approximate surface area is 405 Å². The van der Waals surface area contributed by atoms with Crippen molar-refractivity contribution in [2.24, 2.45) is 17.3 Å². The number of phenolic OH excluding ortho intramolecular Hbond substituents is 1. The molecule has 2 saturated heterocycles. The van der Waals surface area contributed by atoms with Crippen molar-refractivity contribution in [3.05, 3.63) is 71.5 Å². The van der Waals surface area contributed by atoms with Gasteiger partial charge in [0.25, 0.3) is 11.8 Å². The third-order valence-electron chi connectivity index (χ3n) is 13.3. The number of hydrogen-bond donors (Lipinski definition) is 3. The smallest absolute Gasteiger partial charge is 0.307 e. The molecule has 3 aliphatic heterocycles. The number of pyridine rings is 1. The van der Waals surface area contributed by atoms with Gasteiger partial charge in [-0.15, -0.1) is 0 Å². The van der Waals surface area contributed by atoms with E-state index in [4.69, 9.17) is 13.9 Å². The lowest BCUT2D eigenvalue weighted by Gasteiger charge is -2.37. The highest BCUT2D eigenvalue weighted by Gasteiger charge is 2.40. The van der Waals surface area contributed by atoms with Crippen LogP contribution in [-0.2, 0) is 46.3 Å². The Balaban J connectivity index is 1.23. The first-order valence-corrected chi connectivity index (χ1v) is 23.9. The van der Waals surface area contributed by atoms with Crippen LogP contribution in [0.1, 0.15) is 83.2 Å². The van der Waals surface area contributed by atoms with Gasteiger partial charge in [0.2, 0.25) is 11.8 Å². The quantitative estimate of drug-likeness (QED) is 0.141. The summed E-state index contributed by atoms with van der Waals surface area (Å²) in [5, 5.41) is 16.6. The topological polar surface area (TPSA) is 187 Å². The molecule has 2 fully saturated rings. The summed E-state index contributed by atoms with van der Waals surface area (Å²) in [6.07, 6.45) is 3.52. The molecule has 0 unspecified atom stereocenters. The molecule has 4 amide bonds. The molecular weight excluding hydrogens is 879 g/mol. The average Bonchev–Trinajstić information content (AvgIpc) is 3.95. The first-order valence-electron chi connectivity index (χ1n) is 23.9. The van der Waals surface area contributed by atoms with E-state index in [-0.39, 0.29) is 55.6 Å². The third-order valence-corrected chi connectivity index (χ3v) is 13.3. The maximum absolute atomic E-state index is 14.8. The van der Waals surface area contributed by atoms with E-state index in [0.717, 1.165) is 22.1 Å². The largest absolute Gasteiger partial charge is 0.508 e. The van der Waals surface area contributed by atoms with Crippen molar-refractivity contribution in [1.29, 1.82) is 0 Å². The van der Waals surface area contributed by atoms with Crippen LogP contribution < -0.4 is 10.7 Å². The number of nitrogens with zero attached hydrogens (tertiary/aromatic N) is 5. The zero-order valence-electron chi connectivity index (χ0n) is 41.4. The van der Waals surface area contributed by atoms with Crippen molar-refractivity contribution < 1.29 is 43.0 Å². The predicted octanol–water partition coefficient (Wildman–Crippen LogP) is 5.51. The minimum atomic E-state index is -1.15. The normalized spacial score (nSPS) is 20.7. The molecular formula is C53H67N7O9. The zero-order valence-corrected chi connectivity index (χ0v) is 41.4. The van der Waals surface area contributed by atoms with Crippen molar-refractivity contribution in [3.8, 4) is 40.0 Å². The molecule has 3 aliphatic rings. The van der Waals surface area contributed by atoms with Crippen molar-refractivity contribution >= 4 is 40.6 Å². The molecule has 0 aliphatic carbocycles. The Morgan fingerprint density at radius 2 is 1.81 bits per heavy atom. The number of rotatable bonds is 9. The zero-order chi connectivity index (χ0) is 49.7. The van der Waals surface area contributed by atoms with E-state index in [1.54, 1.807) is 37.4 Å². The van der Waals surface area contributed by atoms with Gasteiger partial charge in [-0.05, 0) is 112 Å². The fraction of sp³-hybridized carbons (Fsp3) is 0.509. The number of likely N-dealkylation sites (tertiary alicyclic amines) is 1. The molecule has 16 nitrogen and oxygen atoms in total. The van der Waals surface area contributed by atoms with Gasteiger partial charge >= 0.3 is 5.97 Å². The minimum absolute atomic E-state index is 0.00704. The summed E-state index contributed by atoms with van der Waals surface area (Å²) < 4.78 is 18.4. The van der Waals surface area contributed by atoms with E-state index >= 15 is 0 Å². The van der Waals surface area contributed by atoms with Crippen LogP contribution in [0, 0.1) is 29.1 Å². The number of aromatic hydroxyl groups is 1. The summed E-state index contributed by atoms with van der Waals surface area (Å²) in [6, 6.07) is 12.3. The number of hydrazine groups is 1. The maximum Gasteiger partial charge on any atom is 0.307 e. The molecule has 0 saturated carbocycles. The van der Waals surface area contributed by atoms with Crippen molar-refractivity contribution in [1.82, 2.24) is 35.4 Å². The molecule has 0 radical (unpaired) electrons. The third kappa shape index (κ3) is 12.0. The van der Waals surface area contributed by atoms with Gasteiger partial charge in [0, 0.05) is 74.4 Å². The molecule has 7 rings (SSSR count). The monoisotopic (exact) mass is 946 g/mol. The Morgan fingerprint density at radius 3 is 2.55 bits per heavy atom. The first kappa shape index (κ1) is 50.6. The average molecular weight is 946 g/mol. The standard InChI is InChI=1S/C53H67N7O9/c1-32(2)48(58(8)51(65)36-18-22-59(30-36)45(62)15-12-20-57(6)7)50(64)55-43-25-34-23-37(26-39(61)24-34)35-16-17-44-41(27-35)42(49(69-44)40-14-10-19-54-47(40)33(3)67-9)29-53(4,5)31-68-46(63)28-38-13-11-21-60(56-38)52(43)66/h10,14,16-17,19,23-24,26-27,32-33,36,38,43,48,56,61H,11,13,18,20-22,25,28-31H2,1-9H3,(H,55,64)/t33-,36-,38-,43-,48-/m0/s1. The van der Waals surface area contributed by atoms with Gasteiger partial charge in [-0.1, -0.05) is 45.7 Å². The number of ether oxygens (including phenoxy) is 2. The van der Waals surface area contributed by atoms with Crippen molar-refractivity contribution in [2.75, 3.05) is 61.0 Å². The van der Waals surface area contributed by atoms with Crippen molar-refractivity contribution in [3.63, 3.8) is 0 Å². The molecule has 5 atom stereocenters. The molecule has 5 heterocycles. The fourth-order valence-electron chi connectivity index (χ4n) is 9.69.